The van der Waals surface area contributed by atoms with Crippen LogP contribution in [0.1, 0.15) is 11.4 Å². The van der Waals surface area contributed by atoms with Crippen LogP contribution in [0.3, 0.4) is 0 Å². The van der Waals surface area contributed by atoms with Crippen LogP contribution in [0.2, 0.25) is 0 Å². The van der Waals surface area contributed by atoms with Crippen LogP contribution in [0.25, 0.3) is 0 Å². The van der Waals surface area contributed by atoms with Crippen molar-refractivity contribution in [3.63, 3.8) is 0 Å². The van der Waals surface area contributed by atoms with Crippen LogP contribution >= 0.6 is 11.6 Å². The number of rotatable bonds is 4. The zero-order valence-corrected chi connectivity index (χ0v) is 10.1. The number of aromatic nitrogens is 1. The Balaban J connectivity index is 1.83. The quantitative estimate of drug-likeness (QED) is 0.749. The number of hydrogen-bond acceptors (Lipinski definition) is 3. The molecule has 0 unspecified atom stereocenters. The van der Waals surface area contributed by atoms with E-state index in [9.17, 15) is 0 Å². The van der Waals surface area contributed by atoms with Gasteiger partial charge in [0.05, 0.1) is 24.8 Å². The Morgan fingerprint density at radius 1 is 1.25 bits per heavy atom. The summed E-state index contributed by atoms with van der Waals surface area (Å²) >= 11 is 5.76. The second kappa shape index (κ2) is 6.18. The van der Waals surface area contributed by atoms with Crippen LogP contribution in [-0.2, 0) is 17.0 Å². The maximum Gasteiger partial charge on any atom is 0.0647 e. The van der Waals surface area contributed by atoms with Gasteiger partial charge in [0.15, 0.2) is 0 Å². The highest BCUT2D eigenvalue weighted by molar-refractivity contribution is 6.16. The molecule has 16 heavy (non-hydrogen) atoms. The number of alkyl halides is 1. The van der Waals surface area contributed by atoms with Crippen molar-refractivity contribution in [3.05, 3.63) is 29.6 Å². The lowest BCUT2D eigenvalue weighted by molar-refractivity contribution is 0.0383. The summed E-state index contributed by atoms with van der Waals surface area (Å²) in [7, 11) is 0. The fourth-order valence-corrected chi connectivity index (χ4v) is 1.99. The van der Waals surface area contributed by atoms with Gasteiger partial charge < -0.3 is 4.74 Å². The Hall–Kier alpha value is -0.640. The lowest BCUT2D eigenvalue weighted by atomic mass is 10.2. The lowest BCUT2D eigenvalue weighted by Gasteiger charge is -2.26. The predicted molar refractivity (Wildman–Crippen MR) is 64.8 cm³/mol. The Labute approximate surface area is 101 Å². The van der Waals surface area contributed by atoms with Gasteiger partial charge in [0.2, 0.25) is 0 Å². The molecule has 4 heteroatoms. The monoisotopic (exact) mass is 240 g/mol. The van der Waals surface area contributed by atoms with Crippen LogP contribution in [-0.4, -0.2) is 42.7 Å². The molecule has 2 rings (SSSR count). The molecule has 1 fully saturated rings. The Morgan fingerprint density at radius 2 is 2.00 bits per heavy atom. The number of hydrogen-bond donors (Lipinski definition) is 0. The first kappa shape index (κ1) is 11.8. The highest BCUT2D eigenvalue weighted by Crippen LogP contribution is 2.05. The Morgan fingerprint density at radius 3 is 2.75 bits per heavy atom. The van der Waals surface area contributed by atoms with Gasteiger partial charge in [-0.3, -0.25) is 9.88 Å². The lowest BCUT2D eigenvalue weighted by Crippen LogP contribution is -2.37. The van der Waals surface area contributed by atoms with Crippen molar-refractivity contribution in [2.45, 2.75) is 12.3 Å². The maximum atomic E-state index is 5.76. The zero-order chi connectivity index (χ0) is 11.2. The van der Waals surface area contributed by atoms with E-state index < -0.39 is 0 Å². The van der Waals surface area contributed by atoms with E-state index in [0.717, 1.165) is 50.7 Å². The first-order valence-electron chi connectivity index (χ1n) is 5.69. The van der Waals surface area contributed by atoms with Gasteiger partial charge in [0.1, 0.15) is 0 Å². The van der Waals surface area contributed by atoms with Crippen LogP contribution in [0.5, 0.6) is 0 Å². The number of pyridine rings is 1. The Kier molecular flexibility index (Phi) is 4.57. The van der Waals surface area contributed by atoms with E-state index in [4.69, 9.17) is 16.3 Å². The summed E-state index contributed by atoms with van der Waals surface area (Å²) in [6, 6.07) is 6.06. The summed E-state index contributed by atoms with van der Waals surface area (Å²) < 4.78 is 5.31. The molecule has 1 aliphatic heterocycles. The van der Waals surface area contributed by atoms with E-state index in [0.29, 0.717) is 5.88 Å². The third-order valence-corrected chi connectivity index (χ3v) is 3.06. The summed E-state index contributed by atoms with van der Waals surface area (Å²) in [5, 5.41) is 0. The molecule has 0 aromatic carbocycles. The van der Waals surface area contributed by atoms with Crippen LogP contribution in [0, 0.1) is 0 Å². The van der Waals surface area contributed by atoms with Gasteiger partial charge >= 0.3 is 0 Å². The molecule has 3 nitrogen and oxygen atoms in total. The number of morpholine rings is 1. The molecule has 0 aliphatic carbocycles. The molecule has 0 saturated carbocycles. The largest absolute Gasteiger partial charge is 0.379 e. The maximum absolute atomic E-state index is 5.76. The van der Waals surface area contributed by atoms with Crippen molar-refractivity contribution in [3.8, 4) is 0 Å². The molecule has 0 N–H and O–H groups in total. The molecule has 88 valence electrons. The third kappa shape index (κ3) is 3.44. The first-order chi connectivity index (χ1) is 7.88. The summed E-state index contributed by atoms with van der Waals surface area (Å²) in [6.07, 6.45) is 0.991. The second-order valence-electron chi connectivity index (χ2n) is 3.96. The van der Waals surface area contributed by atoms with Crippen molar-refractivity contribution in [2.75, 3.05) is 32.8 Å². The third-order valence-electron chi connectivity index (χ3n) is 2.79. The van der Waals surface area contributed by atoms with E-state index >= 15 is 0 Å². The van der Waals surface area contributed by atoms with E-state index in [1.807, 2.05) is 12.1 Å². The summed E-state index contributed by atoms with van der Waals surface area (Å²) in [5.74, 6) is 0.491. The van der Waals surface area contributed by atoms with Gasteiger partial charge in [0.25, 0.3) is 0 Å². The zero-order valence-electron chi connectivity index (χ0n) is 9.36. The molecule has 0 bridgehead atoms. The van der Waals surface area contributed by atoms with Crippen LogP contribution < -0.4 is 0 Å². The van der Waals surface area contributed by atoms with E-state index in [1.54, 1.807) is 0 Å². The van der Waals surface area contributed by atoms with Gasteiger partial charge in [-0.2, -0.15) is 0 Å². The molecular formula is C12H17ClN2O. The van der Waals surface area contributed by atoms with Gasteiger partial charge in [-0.05, 0) is 12.1 Å². The van der Waals surface area contributed by atoms with Crippen molar-refractivity contribution in [2.24, 2.45) is 0 Å². The highest BCUT2D eigenvalue weighted by atomic mass is 35.5. The number of halogens is 1. The van der Waals surface area contributed by atoms with Crippen LogP contribution in [0.4, 0.5) is 0 Å². The van der Waals surface area contributed by atoms with E-state index in [2.05, 4.69) is 16.0 Å². The standard InChI is InChI=1S/C12H17ClN2O/c13-10-12-3-1-2-11(14-12)4-5-15-6-8-16-9-7-15/h1-3H,4-10H2. The molecular weight excluding hydrogens is 224 g/mol. The Bertz CT molecular complexity index is 327. The summed E-state index contributed by atoms with van der Waals surface area (Å²) in [6.45, 7) is 4.84. The fraction of sp³-hybridized carbons (Fsp3) is 0.583. The van der Waals surface area contributed by atoms with Gasteiger partial charge in [-0.1, -0.05) is 6.07 Å². The molecule has 0 radical (unpaired) electrons. The van der Waals surface area contributed by atoms with Crippen molar-refractivity contribution < 1.29 is 4.74 Å². The predicted octanol–water partition coefficient (Wildman–Crippen LogP) is 1.70. The van der Waals surface area contributed by atoms with Crippen molar-refractivity contribution >= 4 is 11.6 Å². The minimum Gasteiger partial charge on any atom is -0.379 e. The molecule has 1 aromatic heterocycles. The van der Waals surface area contributed by atoms with Gasteiger partial charge in [-0.15, -0.1) is 11.6 Å². The van der Waals surface area contributed by atoms with E-state index in [-0.39, 0.29) is 0 Å². The molecule has 1 saturated heterocycles. The smallest absolute Gasteiger partial charge is 0.0647 e. The summed E-state index contributed by atoms with van der Waals surface area (Å²) in [5.41, 5.74) is 2.09. The highest BCUT2D eigenvalue weighted by Gasteiger charge is 2.10. The second-order valence-corrected chi connectivity index (χ2v) is 4.23. The molecule has 1 aliphatic rings. The topological polar surface area (TPSA) is 25.4 Å². The molecule has 2 heterocycles. The molecule has 0 spiro atoms. The molecule has 0 amide bonds. The minimum atomic E-state index is 0.491. The van der Waals surface area contributed by atoms with Crippen LogP contribution in [0.15, 0.2) is 18.2 Å². The van der Waals surface area contributed by atoms with E-state index in [1.165, 1.54) is 0 Å². The summed E-state index contributed by atoms with van der Waals surface area (Å²) in [4.78, 5) is 6.90. The minimum absolute atomic E-state index is 0.491. The van der Waals surface area contributed by atoms with Crippen molar-refractivity contribution in [1.29, 1.82) is 0 Å². The first-order valence-corrected chi connectivity index (χ1v) is 6.23. The SMILES string of the molecule is ClCc1cccc(CCN2CCOCC2)n1. The normalized spacial score (nSPS) is 17.6. The molecule has 1 aromatic rings. The fourth-order valence-electron chi connectivity index (χ4n) is 1.84. The average Bonchev–Trinajstić information content (AvgIpc) is 2.38. The average molecular weight is 241 g/mol. The number of ether oxygens (including phenoxy) is 1. The molecule has 0 atom stereocenters. The van der Waals surface area contributed by atoms with Crippen molar-refractivity contribution in [1.82, 2.24) is 9.88 Å². The van der Waals surface area contributed by atoms with Gasteiger partial charge in [-0.25, -0.2) is 0 Å². The van der Waals surface area contributed by atoms with Gasteiger partial charge in [0, 0.05) is 31.7 Å². The number of nitrogens with zero attached hydrogens (tertiary/aromatic N) is 2.